The normalized spacial score (nSPS) is 12.7. The van der Waals surface area contributed by atoms with Crippen LogP contribution in [0.2, 0.25) is 0 Å². The predicted molar refractivity (Wildman–Crippen MR) is 109 cm³/mol. The molecule has 0 bridgehead atoms. The second-order valence-electron chi connectivity index (χ2n) is 6.98. The van der Waals surface area contributed by atoms with Crippen LogP contribution in [0.1, 0.15) is 12.5 Å². The number of benzene rings is 3. The molecule has 0 radical (unpaired) electrons. The summed E-state index contributed by atoms with van der Waals surface area (Å²) in [6.07, 6.45) is 0. The molecule has 0 heterocycles. The minimum atomic E-state index is -1.42. The van der Waals surface area contributed by atoms with Crippen molar-refractivity contribution in [2.45, 2.75) is 12.5 Å². The van der Waals surface area contributed by atoms with Crippen LogP contribution in [0.25, 0.3) is 11.1 Å². The highest BCUT2D eigenvalue weighted by Gasteiger charge is 2.25. The van der Waals surface area contributed by atoms with E-state index in [4.69, 9.17) is 0 Å². The molecule has 3 rings (SSSR count). The number of carbonyl (C=O) groups is 2. The molecule has 3 N–H and O–H groups in total. The highest BCUT2D eigenvalue weighted by atomic mass is 19.2. The summed E-state index contributed by atoms with van der Waals surface area (Å²) in [4.78, 5) is 24.0. The van der Waals surface area contributed by atoms with Gasteiger partial charge in [-0.05, 0) is 35.7 Å². The monoisotopic (exact) mass is 410 g/mol. The van der Waals surface area contributed by atoms with Crippen LogP contribution in [0.3, 0.4) is 0 Å². The van der Waals surface area contributed by atoms with E-state index in [0.29, 0.717) is 5.56 Å². The Morgan fingerprint density at radius 3 is 2.13 bits per heavy atom. The minimum Gasteiger partial charge on any atom is -0.384 e. The van der Waals surface area contributed by atoms with Crippen molar-refractivity contribution in [1.29, 1.82) is 0 Å². The summed E-state index contributed by atoms with van der Waals surface area (Å²) in [7, 11) is 0. The molecular formula is C23H20F2N2O3. The molecule has 2 amide bonds. The number of carbonyl (C=O) groups excluding carboxylic acids is 2. The van der Waals surface area contributed by atoms with E-state index in [1.165, 1.54) is 6.92 Å². The van der Waals surface area contributed by atoms with Crippen molar-refractivity contribution in [3.63, 3.8) is 0 Å². The quantitative estimate of drug-likeness (QED) is 0.563. The summed E-state index contributed by atoms with van der Waals surface area (Å²) in [6, 6.07) is 19.7. The minimum absolute atomic E-state index is 0.0580. The molecule has 3 aromatic rings. The number of anilines is 1. The second-order valence-corrected chi connectivity index (χ2v) is 6.98. The van der Waals surface area contributed by atoms with Crippen LogP contribution in [0.4, 0.5) is 14.5 Å². The predicted octanol–water partition coefficient (Wildman–Crippen LogP) is 3.59. The lowest BCUT2D eigenvalue weighted by molar-refractivity contribution is -0.136. The van der Waals surface area contributed by atoms with Gasteiger partial charge >= 0.3 is 11.8 Å². The van der Waals surface area contributed by atoms with Gasteiger partial charge in [0.1, 0.15) is 5.60 Å². The van der Waals surface area contributed by atoms with Gasteiger partial charge in [-0.15, -0.1) is 0 Å². The van der Waals surface area contributed by atoms with Crippen LogP contribution in [0.5, 0.6) is 0 Å². The maximum atomic E-state index is 13.2. The van der Waals surface area contributed by atoms with Crippen molar-refractivity contribution in [3.05, 3.63) is 90.0 Å². The third kappa shape index (κ3) is 5.07. The Kier molecular flexibility index (Phi) is 6.23. The molecule has 0 aliphatic heterocycles. The molecular weight excluding hydrogens is 390 g/mol. The molecule has 0 saturated carbocycles. The van der Waals surface area contributed by atoms with E-state index in [0.717, 1.165) is 29.3 Å². The average molecular weight is 410 g/mol. The molecule has 7 heteroatoms. The van der Waals surface area contributed by atoms with Gasteiger partial charge in [-0.25, -0.2) is 8.78 Å². The fourth-order valence-corrected chi connectivity index (χ4v) is 2.85. The lowest BCUT2D eigenvalue weighted by Crippen LogP contribution is -2.43. The van der Waals surface area contributed by atoms with Crippen LogP contribution in [0, 0.1) is 11.6 Å². The number of halogens is 2. The molecule has 3 aromatic carbocycles. The number of nitrogens with one attached hydrogen (secondary N) is 2. The molecule has 0 spiro atoms. The molecule has 5 nitrogen and oxygen atoms in total. The van der Waals surface area contributed by atoms with Gasteiger partial charge in [-0.1, -0.05) is 54.6 Å². The first-order chi connectivity index (χ1) is 14.3. The Hall–Kier alpha value is -3.58. The smallest absolute Gasteiger partial charge is 0.313 e. The number of amides is 2. The zero-order valence-electron chi connectivity index (χ0n) is 16.2. The highest BCUT2D eigenvalue weighted by Crippen LogP contribution is 2.24. The fraction of sp³-hybridized carbons (Fsp3) is 0.130. The van der Waals surface area contributed by atoms with Crippen LogP contribution in [-0.4, -0.2) is 23.5 Å². The van der Waals surface area contributed by atoms with Crippen LogP contribution < -0.4 is 10.6 Å². The molecule has 0 aromatic heterocycles. The number of rotatable bonds is 5. The summed E-state index contributed by atoms with van der Waals surface area (Å²) in [5.74, 6) is -4.28. The van der Waals surface area contributed by atoms with Gasteiger partial charge in [0.05, 0.1) is 6.54 Å². The Bertz CT molecular complexity index is 1050. The van der Waals surface area contributed by atoms with Gasteiger partial charge < -0.3 is 15.7 Å². The summed E-state index contributed by atoms with van der Waals surface area (Å²) >= 11 is 0. The standard InChI is InChI=1S/C23H20F2N2O3/c1-23(30,17-9-7-16(8-10-17)15-5-3-2-4-6-15)14-26-21(28)22(29)27-18-11-12-19(24)20(25)13-18/h2-13,30H,14H2,1H3,(H,26,28)(H,27,29). The lowest BCUT2D eigenvalue weighted by Gasteiger charge is -2.24. The molecule has 154 valence electrons. The first-order valence-corrected chi connectivity index (χ1v) is 9.19. The van der Waals surface area contributed by atoms with Crippen molar-refractivity contribution in [2.24, 2.45) is 0 Å². The first-order valence-electron chi connectivity index (χ1n) is 9.19. The zero-order chi connectivity index (χ0) is 21.7. The number of aliphatic hydroxyl groups is 1. The van der Waals surface area contributed by atoms with Gasteiger partial charge in [-0.3, -0.25) is 9.59 Å². The third-order valence-corrected chi connectivity index (χ3v) is 4.59. The van der Waals surface area contributed by atoms with Crippen molar-refractivity contribution in [3.8, 4) is 11.1 Å². The number of hydrogen-bond acceptors (Lipinski definition) is 3. The Labute approximate surface area is 172 Å². The van der Waals surface area contributed by atoms with Gasteiger partial charge in [0, 0.05) is 11.8 Å². The number of hydrogen-bond donors (Lipinski definition) is 3. The largest absolute Gasteiger partial charge is 0.384 e. The van der Waals surface area contributed by atoms with Crippen molar-refractivity contribution in [2.75, 3.05) is 11.9 Å². The summed E-state index contributed by atoms with van der Waals surface area (Å²) in [5, 5.41) is 15.2. The maximum Gasteiger partial charge on any atom is 0.313 e. The SMILES string of the molecule is CC(O)(CNC(=O)C(=O)Nc1ccc(F)c(F)c1)c1ccc(-c2ccccc2)cc1. The van der Waals surface area contributed by atoms with Crippen molar-refractivity contribution in [1.82, 2.24) is 5.32 Å². The van der Waals surface area contributed by atoms with Crippen LogP contribution in [0.15, 0.2) is 72.8 Å². The second kappa shape index (κ2) is 8.84. The summed E-state index contributed by atoms with van der Waals surface area (Å²) in [5.41, 5.74) is 1.09. The van der Waals surface area contributed by atoms with E-state index >= 15 is 0 Å². The van der Waals surface area contributed by atoms with E-state index in [1.54, 1.807) is 12.1 Å². The molecule has 0 saturated heterocycles. The highest BCUT2D eigenvalue weighted by molar-refractivity contribution is 6.39. The topological polar surface area (TPSA) is 78.4 Å². The van der Waals surface area contributed by atoms with Crippen molar-refractivity contribution >= 4 is 17.5 Å². The van der Waals surface area contributed by atoms with Gasteiger partial charge in [0.15, 0.2) is 11.6 Å². The van der Waals surface area contributed by atoms with Crippen LogP contribution in [-0.2, 0) is 15.2 Å². The third-order valence-electron chi connectivity index (χ3n) is 4.59. The van der Waals surface area contributed by atoms with E-state index in [-0.39, 0.29) is 12.2 Å². The Balaban J connectivity index is 1.60. The first kappa shape index (κ1) is 21.1. The molecule has 0 aliphatic rings. The Morgan fingerprint density at radius 2 is 1.50 bits per heavy atom. The zero-order valence-corrected chi connectivity index (χ0v) is 16.2. The molecule has 0 fully saturated rings. The molecule has 30 heavy (non-hydrogen) atoms. The molecule has 1 unspecified atom stereocenters. The van der Waals surface area contributed by atoms with E-state index in [1.807, 2.05) is 42.5 Å². The van der Waals surface area contributed by atoms with Crippen molar-refractivity contribution < 1.29 is 23.5 Å². The molecule has 1 atom stereocenters. The average Bonchev–Trinajstić information content (AvgIpc) is 2.75. The van der Waals surface area contributed by atoms with Gasteiger partial charge in [0.2, 0.25) is 0 Å². The lowest BCUT2D eigenvalue weighted by atomic mass is 9.93. The van der Waals surface area contributed by atoms with E-state index < -0.39 is 29.0 Å². The Morgan fingerprint density at radius 1 is 0.867 bits per heavy atom. The van der Waals surface area contributed by atoms with Gasteiger partial charge in [-0.2, -0.15) is 0 Å². The summed E-state index contributed by atoms with van der Waals surface area (Å²) < 4.78 is 26.1. The summed E-state index contributed by atoms with van der Waals surface area (Å²) in [6.45, 7) is 1.29. The van der Waals surface area contributed by atoms with Gasteiger partial charge in [0.25, 0.3) is 0 Å². The maximum absolute atomic E-state index is 13.2. The van der Waals surface area contributed by atoms with Crippen LogP contribution >= 0.6 is 0 Å². The van der Waals surface area contributed by atoms with E-state index in [2.05, 4.69) is 10.6 Å². The molecule has 0 aliphatic carbocycles. The van der Waals surface area contributed by atoms with E-state index in [9.17, 15) is 23.5 Å². The fourth-order valence-electron chi connectivity index (χ4n) is 2.85.